The second kappa shape index (κ2) is 7.43. The summed E-state index contributed by atoms with van der Waals surface area (Å²) in [5.41, 5.74) is 2.30. The van der Waals surface area contributed by atoms with E-state index in [1.165, 1.54) is 23.3 Å². The minimum Gasteiger partial charge on any atom is -0.342 e. The van der Waals surface area contributed by atoms with Crippen molar-refractivity contribution in [3.63, 3.8) is 0 Å². The smallest absolute Gasteiger partial charge is 0.257 e. The lowest BCUT2D eigenvalue weighted by atomic mass is 9.89. The van der Waals surface area contributed by atoms with Gasteiger partial charge >= 0.3 is 0 Å². The molecule has 2 atom stereocenters. The molecule has 1 spiro atoms. The van der Waals surface area contributed by atoms with E-state index in [1.54, 1.807) is 4.90 Å². The molecule has 3 aliphatic rings. The van der Waals surface area contributed by atoms with Gasteiger partial charge < -0.3 is 9.64 Å². The van der Waals surface area contributed by atoms with Crippen molar-refractivity contribution in [3.05, 3.63) is 70.8 Å². The maximum absolute atomic E-state index is 13.7. The first-order chi connectivity index (χ1) is 14.4. The Morgan fingerprint density at radius 2 is 1.77 bits per heavy atom. The van der Waals surface area contributed by atoms with Crippen LogP contribution >= 0.6 is 0 Å². The van der Waals surface area contributed by atoms with E-state index in [1.807, 2.05) is 6.07 Å². The van der Waals surface area contributed by atoms with Crippen LogP contribution in [-0.2, 0) is 16.1 Å². The fourth-order valence-electron chi connectivity index (χ4n) is 5.24. The molecule has 0 N–H and O–H groups in total. The largest absolute Gasteiger partial charge is 0.342 e. The first-order valence-electron chi connectivity index (χ1n) is 10.7. The van der Waals surface area contributed by atoms with Crippen molar-refractivity contribution in [1.82, 2.24) is 9.80 Å². The Balaban J connectivity index is 1.30. The van der Waals surface area contributed by atoms with Crippen LogP contribution in [0.2, 0.25) is 0 Å². The van der Waals surface area contributed by atoms with E-state index in [9.17, 15) is 13.6 Å². The SMILES string of the molecule is Cc1ccccc1CN1CCC2(CC1)O[C@@H]1CC[C@@H](c3cc(F)cc(F)c3)N1C2=O. The first-order valence-corrected chi connectivity index (χ1v) is 10.7. The molecule has 3 aliphatic heterocycles. The zero-order chi connectivity index (χ0) is 20.9. The van der Waals surface area contributed by atoms with Crippen LogP contribution in [0.1, 0.15) is 48.4 Å². The van der Waals surface area contributed by atoms with Crippen LogP contribution in [0.25, 0.3) is 0 Å². The summed E-state index contributed by atoms with van der Waals surface area (Å²) in [5, 5.41) is 0. The van der Waals surface area contributed by atoms with Gasteiger partial charge in [-0.2, -0.15) is 0 Å². The van der Waals surface area contributed by atoms with Crippen molar-refractivity contribution in [2.45, 2.75) is 57.0 Å². The summed E-state index contributed by atoms with van der Waals surface area (Å²) in [6.07, 6.45) is 2.36. The normalized spacial score (nSPS) is 25.8. The molecule has 158 valence electrons. The van der Waals surface area contributed by atoms with Crippen molar-refractivity contribution in [1.29, 1.82) is 0 Å². The van der Waals surface area contributed by atoms with Crippen LogP contribution in [0.15, 0.2) is 42.5 Å². The Labute approximate surface area is 175 Å². The van der Waals surface area contributed by atoms with Gasteiger partial charge in [-0.3, -0.25) is 9.69 Å². The highest BCUT2D eigenvalue weighted by Crippen LogP contribution is 2.47. The summed E-state index contributed by atoms with van der Waals surface area (Å²) in [6, 6.07) is 11.6. The maximum atomic E-state index is 13.7. The van der Waals surface area contributed by atoms with Gasteiger partial charge in [0.25, 0.3) is 5.91 Å². The number of amides is 1. The molecular weight excluding hydrogens is 386 g/mol. The number of hydrogen-bond donors (Lipinski definition) is 0. The van der Waals surface area contributed by atoms with Crippen molar-refractivity contribution >= 4 is 5.91 Å². The highest BCUT2D eigenvalue weighted by molar-refractivity contribution is 5.88. The van der Waals surface area contributed by atoms with Crippen LogP contribution in [0.4, 0.5) is 8.78 Å². The molecule has 2 aromatic carbocycles. The third-order valence-corrected chi connectivity index (χ3v) is 6.91. The number of carbonyl (C=O) groups excluding carboxylic acids is 1. The lowest BCUT2D eigenvalue weighted by Crippen LogP contribution is -2.50. The zero-order valence-electron chi connectivity index (χ0n) is 17.1. The lowest BCUT2D eigenvalue weighted by Gasteiger charge is -2.37. The van der Waals surface area contributed by atoms with Crippen molar-refractivity contribution in [2.75, 3.05) is 13.1 Å². The van der Waals surface area contributed by atoms with Gasteiger partial charge in [-0.25, -0.2) is 8.78 Å². The van der Waals surface area contributed by atoms with Gasteiger partial charge in [-0.1, -0.05) is 24.3 Å². The van der Waals surface area contributed by atoms with E-state index >= 15 is 0 Å². The van der Waals surface area contributed by atoms with Crippen molar-refractivity contribution < 1.29 is 18.3 Å². The molecule has 0 bridgehead atoms. The van der Waals surface area contributed by atoms with E-state index in [-0.39, 0.29) is 18.2 Å². The zero-order valence-corrected chi connectivity index (χ0v) is 17.1. The second-order valence-electron chi connectivity index (χ2n) is 8.78. The Morgan fingerprint density at radius 1 is 1.07 bits per heavy atom. The number of hydrogen-bond acceptors (Lipinski definition) is 3. The predicted molar refractivity (Wildman–Crippen MR) is 108 cm³/mol. The molecule has 6 heteroatoms. The molecule has 3 heterocycles. The van der Waals surface area contributed by atoms with Crippen LogP contribution in [-0.4, -0.2) is 40.6 Å². The van der Waals surface area contributed by atoms with Gasteiger partial charge in [0.15, 0.2) is 5.60 Å². The van der Waals surface area contributed by atoms with Gasteiger partial charge in [0, 0.05) is 25.7 Å². The Morgan fingerprint density at radius 3 is 2.47 bits per heavy atom. The molecule has 5 rings (SSSR count). The summed E-state index contributed by atoms with van der Waals surface area (Å²) in [7, 11) is 0. The van der Waals surface area contributed by atoms with Gasteiger partial charge in [-0.05, 0) is 61.4 Å². The molecule has 3 saturated heterocycles. The number of ether oxygens (including phenoxy) is 1. The fraction of sp³-hybridized carbons (Fsp3) is 0.458. The number of fused-ring (bicyclic) bond motifs is 1. The summed E-state index contributed by atoms with van der Waals surface area (Å²) >= 11 is 0. The molecule has 0 aromatic heterocycles. The highest BCUT2D eigenvalue weighted by Gasteiger charge is 2.57. The number of carbonyl (C=O) groups is 1. The molecule has 4 nitrogen and oxygen atoms in total. The maximum Gasteiger partial charge on any atom is 0.257 e. The quantitative estimate of drug-likeness (QED) is 0.752. The Hall–Kier alpha value is -2.31. The van der Waals surface area contributed by atoms with E-state index in [0.717, 1.165) is 25.7 Å². The van der Waals surface area contributed by atoms with Crippen LogP contribution < -0.4 is 0 Å². The van der Waals surface area contributed by atoms with Gasteiger partial charge in [-0.15, -0.1) is 0 Å². The third kappa shape index (κ3) is 3.32. The molecule has 0 radical (unpaired) electrons. The van der Waals surface area contributed by atoms with Gasteiger partial charge in [0.2, 0.25) is 0 Å². The van der Waals surface area contributed by atoms with E-state index < -0.39 is 17.2 Å². The van der Waals surface area contributed by atoms with Crippen molar-refractivity contribution in [2.24, 2.45) is 0 Å². The molecule has 2 aromatic rings. The molecule has 0 saturated carbocycles. The second-order valence-corrected chi connectivity index (χ2v) is 8.78. The third-order valence-electron chi connectivity index (χ3n) is 6.91. The minimum atomic E-state index is -0.794. The van der Waals surface area contributed by atoms with Crippen molar-refractivity contribution in [3.8, 4) is 0 Å². The number of piperidine rings is 1. The monoisotopic (exact) mass is 412 g/mol. The van der Waals surface area contributed by atoms with Crippen LogP contribution in [0, 0.1) is 18.6 Å². The van der Waals surface area contributed by atoms with E-state index in [0.29, 0.717) is 31.2 Å². The van der Waals surface area contributed by atoms with E-state index in [4.69, 9.17) is 4.74 Å². The number of likely N-dealkylation sites (tertiary alicyclic amines) is 1. The predicted octanol–water partition coefficient (Wildman–Crippen LogP) is 4.33. The standard InChI is InChI=1S/C24H26F2N2O2/c1-16-4-2-3-5-17(16)15-27-10-8-24(9-11-27)23(29)28-21(6-7-22(28)30-24)18-12-19(25)14-20(26)13-18/h2-5,12-14,21-22H,6-11,15H2,1H3/t21-,22+/m0/s1. The number of nitrogens with zero attached hydrogens (tertiary/aromatic N) is 2. The molecule has 0 aliphatic carbocycles. The highest BCUT2D eigenvalue weighted by atomic mass is 19.1. The number of aryl methyl sites for hydroxylation is 1. The Kier molecular flexibility index (Phi) is 4.86. The average Bonchev–Trinajstić information content (AvgIpc) is 3.23. The molecule has 0 unspecified atom stereocenters. The first kappa shape index (κ1) is 19.6. The number of rotatable bonds is 3. The van der Waals surface area contributed by atoms with Crippen LogP contribution in [0.5, 0.6) is 0 Å². The summed E-state index contributed by atoms with van der Waals surface area (Å²) in [6.45, 7) is 4.57. The number of benzene rings is 2. The molecule has 1 amide bonds. The van der Waals surface area contributed by atoms with Crippen LogP contribution in [0.3, 0.4) is 0 Å². The number of halogens is 2. The molecule has 3 fully saturated rings. The lowest BCUT2D eigenvalue weighted by molar-refractivity contribution is -0.143. The Bertz CT molecular complexity index is 951. The molecule has 30 heavy (non-hydrogen) atoms. The molecular formula is C24H26F2N2O2. The van der Waals surface area contributed by atoms with Gasteiger partial charge in [0.05, 0.1) is 6.04 Å². The summed E-state index contributed by atoms with van der Waals surface area (Å²) in [5.74, 6) is -1.24. The van der Waals surface area contributed by atoms with E-state index in [2.05, 4.69) is 30.0 Å². The summed E-state index contributed by atoms with van der Waals surface area (Å²) in [4.78, 5) is 17.5. The topological polar surface area (TPSA) is 32.8 Å². The van der Waals surface area contributed by atoms with Gasteiger partial charge in [0.1, 0.15) is 17.9 Å². The average molecular weight is 412 g/mol. The minimum absolute atomic E-state index is 0.0183. The summed E-state index contributed by atoms with van der Waals surface area (Å²) < 4.78 is 33.8. The fourth-order valence-corrected chi connectivity index (χ4v) is 5.24.